The molecule has 0 aliphatic heterocycles. The van der Waals surface area contributed by atoms with Gasteiger partial charge in [0.05, 0.1) is 0 Å². The Morgan fingerprint density at radius 3 is 2.58 bits per heavy atom. The molecule has 4 aromatic carbocycles. The largest absolute Gasteiger partial charge is 0.303 e. The van der Waals surface area contributed by atoms with E-state index < -0.39 is 0 Å². The normalized spacial score (nSPS) is 16.6. The van der Waals surface area contributed by atoms with Gasteiger partial charge in [0, 0.05) is 28.3 Å². The standard InChI is InChI=1S/C18H15Cl.C12H10O2/c19-17-11-13-6-2-3-7-14(13)16-10-9-12-5-1-4-8-15(12)18(16)17;13-8-7-10-6-5-9-3-1-2-4-11(9)12(10)14/h2-3,6-7,9-11H,1,4-5,8H2;1-6,8,10H,7H2. The van der Waals surface area contributed by atoms with Gasteiger partial charge in [0.2, 0.25) is 0 Å². The minimum absolute atomic E-state index is 0.0511. The summed E-state index contributed by atoms with van der Waals surface area (Å²) in [6.07, 6.45) is 9.76. The van der Waals surface area contributed by atoms with Crippen molar-refractivity contribution in [2.45, 2.75) is 32.1 Å². The lowest BCUT2D eigenvalue weighted by Gasteiger charge is -2.19. The number of carbonyl (C=O) groups excluding carboxylic acids is 2. The molecule has 6 rings (SSSR count). The third-order valence-corrected chi connectivity index (χ3v) is 7.02. The number of hydrogen-bond donors (Lipinski definition) is 0. The van der Waals surface area contributed by atoms with Crippen LogP contribution in [0.4, 0.5) is 0 Å². The number of allylic oxidation sites excluding steroid dienone is 1. The highest BCUT2D eigenvalue weighted by Gasteiger charge is 2.22. The molecule has 2 nitrogen and oxygen atoms in total. The lowest BCUT2D eigenvalue weighted by Crippen LogP contribution is -2.17. The molecule has 1 atom stereocenters. The molecule has 0 N–H and O–H groups in total. The Balaban J connectivity index is 0.000000146. The first-order valence-corrected chi connectivity index (χ1v) is 11.9. The van der Waals surface area contributed by atoms with Gasteiger partial charge in [-0.3, -0.25) is 4.79 Å². The SMILES string of the molecule is Clc1cc2ccccc2c2ccc3c(c12)CCCC3.O=CCC1C=Cc2ccccc2C1=O. The van der Waals surface area contributed by atoms with Crippen LogP contribution >= 0.6 is 11.6 Å². The van der Waals surface area contributed by atoms with E-state index in [9.17, 15) is 9.59 Å². The van der Waals surface area contributed by atoms with Crippen molar-refractivity contribution in [2.75, 3.05) is 0 Å². The fourth-order valence-corrected chi connectivity index (χ4v) is 5.40. The first kappa shape index (κ1) is 21.6. The number of benzene rings is 4. The van der Waals surface area contributed by atoms with Gasteiger partial charge in [0.15, 0.2) is 5.78 Å². The van der Waals surface area contributed by atoms with Crippen molar-refractivity contribution in [1.82, 2.24) is 0 Å². The highest BCUT2D eigenvalue weighted by atomic mass is 35.5. The van der Waals surface area contributed by atoms with E-state index in [0.717, 1.165) is 22.4 Å². The fourth-order valence-electron chi connectivity index (χ4n) is 5.07. The van der Waals surface area contributed by atoms with Crippen LogP contribution in [0.15, 0.2) is 72.8 Å². The molecule has 164 valence electrons. The molecule has 0 saturated heterocycles. The van der Waals surface area contributed by atoms with Crippen molar-refractivity contribution < 1.29 is 9.59 Å². The number of aryl methyl sites for hydroxylation is 2. The maximum atomic E-state index is 11.8. The van der Waals surface area contributed by atoms with Gasteiger partial charge in [0.25, 0.3) is 0 Å². The summed E-state index contributed by atoms with van der Waals surface area (Å²) in [6.45, 7) is 0. The molecule has 0 aromatic heterocycles. The van der Waals surface area contributed by atoms with Crippen molar-refractivity contribution in [1.29, 1.82) is 0 Å². The molecule has 0 radical (unpaired) electrons. The van der Waals surface area contributed by atoms with E-state index in [0.29, 0.717) is 0 Å². The van der Waals surface area contributed by atoms with Crippen molar-refractivity contribution in [2.24, 2.45) is 5.92 Å². The van der Waals surface area contributed by atoms with Crippen LogP contribution in [0.5, 0.6) is 0 Å². The van der Waals surface area contributed by atoms with Crippen LogP contribution in [0, 0.1) is 5.92 Å². The number of rotatable bonds is 2. The van der Waals surface area contributed by atoms with Gasteiger partial charge >= 0.3 is 0 Å². The summed E-state index contributed by atoms with van der Waals surface area (Å²) < 4.78 is 0. The Labute approximate surface area is 198 Å². The second kappa shape index (κ2) is 9.33. The van der Waals surface area contributed by atoms with Gasteiger partial charge < -0.3 is 4.79 Å². The number of aldehydes is 1. The molecular weight excluding hydrogens is 428 g/mol. The fraction of sp³-hybridized carbons (Fsp3) is 0.200. The van der Waals surface area contributed by atoms with Gasteiger partial charge in [-0.25, -0.2) is 0 Å². The molecule has 0 heterocycles. The minimum Gasteiger partial charge on any atom is -0.303 e. The van der Waals surface area contributed by atoms with E-state index in [1.165, 1.54) is 58.4 Å². The average Bonchev–Trinajstić information content (AvgIpc) is 2.86. The second-order valence-electron chi connectivity index (χ2n) is 8.73. The zero-order valence-electron chi connectivity index (χ0n) is 18.4. The third kappa shape index (κ3) is 4.12. The number of ketones is 1. The molecule has 0 saturated carbocycles. The van der Waals surface area contributed by atoms with Crippen LogP contribution in [0.3, 0.4) is 0 Å². The third-order valence-electron chi connectivity index (χ3n) is 6.73. The zero-order valence-corrected chi connectivity index (χ0v) is 19.1. The van der Waals surface area contributed by atoms with Crippen molar-refractivity contribution >= 4 is 51.3 Å². The number of halogens is 1. The predicted molar refractivity (Wildman–Crippen MR) is 137 cm³/mol. The molecule has 3 heteroatoms. The first-order chi connectivity index (χ1) is 16.2. The Morgan fingerprint density at radius 2 is 1.70 bits per heavy atom. The van der Waals surface area contributed by atoms with Crippen molar-refractivity contribution in [3.8, 4) is 0 Å². The van der Waals surface area contributed by atoms with Crippen LogP contribution in [-0.4, -0.2) is 12.1 Å². The van der Waals surface area contributed by atoms with Gasteiger partial charge in [-0.1, -0.05) is 84.4 Å². The smallest absolute Gasteiger partial charge is 0.170 e. The van der Waals surface area contributed by atoms with Gasteiger partial charge in [-0.05, 0) is 64.6 Å². The van der Waals surface area contributed by atoms with Gasteiger partial charge in [0.1, 0.15) is 6.29 Å². The van der Waals surface area contributed by atoms with Crippen molar-refractivity contribution in [3.63, 3.8) is 0 Å². The summed E-state index contributed by atoms with van der Waals surface area (Å²) in [5.74, 6) is -0.211. The molecule has 1 unspecified atom stereocenters. The number of Topliss-reactive ketones (excluding diaryl/α,β-unsaturated/α-hetero) is 1. The Hall–Kier alpha value is -3.23. The molecule has 0 spiro atoms. The highest BCUT2D eigenvalue weighted by Crippen LogP contribution is 2.37. The van der Waals surface area contributed by atoms with Crippen LogP contribution in [0.25, 0.3) is 27.6 Å². The Kier molecular flexibility index (Phi) is 6.11. The number of carbonyl (C=O) groups is 2. The van der Waals surface area contributed by atoms with Crippen molar-refractivity contribution in [3.05, 3.63) is 100 Å². The molecule has 4 aromatic rings. The van der Waals surface area contributed by atoms with Gasteiger partial charge in [-0.15, -0.1) is 0 Å². The molecule has 2 aliphatic rings. The molecule has 2 aliphatic carbocycles. The summed E-state index contributed by atoms with van der Waals surface area (Å²) >= 11 is 6.57. The van der Waals surface area contributed by atoms with E-state index in [1.54, 1.807) is 12.1 Å². The highest BCUT2D eigenvalue weighted by molar-refractivity contribution is 6.38. The topological polar surface area (TPSA) is 34.1 Å². The van der Waals surface area contributed by atoms with Gasteiger partial charge in [-0.2, -0.15) is 0 Å². The molecular formula is C30H25ClO2. The predicted octanol–water partition coefficient (Wildman–Crippen LogP) is 7.63. The van der Waals surface area contributed by atoms with Crippen LogP contribution in [0.1, 0.15) is 46.3 Å². The molecule has 0 amide bonds. The Bertz CT molecular complexity index is 1400. The Morgan fingerprint density at radius 1 is 0.909 bits per heavy atom. The van der Waals surface area contributed by atoms with Crippen LogP contribution in [0.2, 0.25) is 5.02 Å². The minimum atomic E-state index is -0.262. The second-order valence-corrected chi connectivity index (χ2v) is 9.14. The summed E-state index contributed by atoms with van der Waals surface area (Å²) in [6, 6.07) is 22.6. The number of hydrogen-bond acceptors (Lipinski definition) is 2. The van der Waals surface area contributed by atoms with E-state index in [-0.39, 0.29) is 18.1 Å². The lowest BCUT2D eigenvalue weighted by atomic mass is 9.86. The van der Waals surface area contributed by atoms with E-state index in [1.807, 2.05) is 24.3 Å². The lowest BCUT2D eigenvalue weighted by molar-refractivity contribution is -0.108. The monoisotopic (exact) mass is 452 g/mol. The summed E-state index contributed by atoms with van der Waals surface area (Å²) in [5, 5.41) is 6.06. The maximum absolute atomic E-state index is 11.8. The summed E-state index contributed by atoms with van der Waals surface area (Å²) in [7, 11) is 0. The van der Waals surface area contributed by atoms with E-state index in [4.69, 9.17) is 11.6 Å². The molecule has 0 bridgehead atoms. The summed E-state index contributed by atoms with van der Waals surface area (Å²) in [5.41, 5.74) is 4.65. The average molecular weight is 453 g/mol. The van der Waals surface area contributed by atoms with Crippen LogP contribution in [-0.2, 0) is 17.6 Å². The first-order valence-electron chi connectivity index (χ1n) is 11.5. The van der Waals surface area contributed by atoms with E-state index >= 15 is 0 Å². The maximum Gasteiger partial charge on any atom is 0.170 e. The van der Waals surface area contributed by atoms with E-state index in [2.05, 4.69) is 42.5 Å². The number of fused-ring (bicyclic) bond motifs is 6. The molecule has 0 fully saturated rings. The quantitative estimate of drug-likeness (QED) is 0.231. The zero-order chi connectivity index (χ0) is 22.8. The summed E-state index contributed by atoms with van der Waals surface area (Å²) in [4.78, 5) is 22.1. The van der Waals surface area contributed by atoms with Crippen LogP contribution < -0.4 is 0 Å². The molecule has 33 heavy (non-hydrogen) atoms.